The topological polar surface area (TPSA) is 100 Å². The Hall–Kier alpha value is -3.15. The summed E-state index contributed by atoms with van der Waals surface area (Å²) in [4.78, 5) is 27.5. The summed E-state index contributed by atoms with van der Waals surface area (Å²) in [5, 5.41) is 16.1. The first kappa shape index (κ1) is 23.6. The number of hydrogen-bond acceptors (Lipinski definition) is 6. The van der Waals surface area contributed by atoms with E-state index in [2.05, 4.69) is 10.6 Å². The maximum atomic E-state index is 13.2. The standard InChI is InChI=1S/C27H29N3O4S/c1-16-11-18-12-17(8-9-22(18)34-16)13-19(14-28)25(31)30-27-24(21-6-2-3-7-23(21)35-27)26(32)29-15-20-5-4-10-33-20/h8-9,12-13,16,20H,2-7,10-11,15H2,1H3,(H,29,32)(H,30,31)/b19-13-. The molecule has 0 saturated carbocycles. The predicted octanol–water partition coefficient (Wildman–Crippen LogP) is 4.40. The van der Waals surface area contributed by atoms with Gasteiger partial charge in [-0.25, -0.2) is 0 Å². The van der Waals surface area contributed by atoms with Crippen molar-refractivity contribution >= 4 is 34.2 Å². The van der Waals surface area contributed by atoms with Crippen LogP contribution in [0.3, 0.4) is 0 Å². The quantitative estimate of drug-likeness (QED) is 0.461. The Labute approximate surface area is 209 Å². The Morgan fingerprint density at radius 3 is 2.91 bits per heavy atom. The van der Waals surface area contributed by atoms with Gasteiger partial charge in [0.15, 0.2) is 0 Å². The summed E-state index contributed by atoms with van der Waals surface area (Å²) in [6.07, 6.45) is 8.32. The first-order chi connectivity index (χ1) is 17.0. The molecule has 0 radical (unpaired) electrons. The van der Waals surface area contributed by atoms with Crippen molar-refractivity contribution in [3.05, 3.63) is 50.9 Å². The summed E-state index contributed by atoms with van der Waals surface area (Å²) < 4.78 is 11.4. The summed E-state index contributed by atoms with van der Waals surface area (Å²) in [5.41, 5.74) is 3.40. The Kier molecular flexibility index (Phi) is 6.89. The smallest absolute Gasteiger partial charge is 0.266 e. The number of nitrogens with zero attached hydrogens (tertiary/aromatic N) is 1. The van der Waals surface area contributed by atoms with Crippen LogP contribution < -0.4 is 15.4 Å². The van der Waals surface area contributed by atoms with E-state index in [0.29, 0.717) is 17.1 Å². The van der Waals surface area contributed by atoms with E-state index < -0.39 is 5.91 Å². The van der Waals surface area contributed by atoms with Crippen LogP contribution in [0.15, 0.2) is 23.8 Å². The van der Waals surface area contributed by atoms with Crippen LogP contribution in [0.4, 0.5) is 5.00 Å². The molecule has 182 valence electrons. The minimum absolute atomic E-state index is 0.00556. The number of ether oxygens (including phenoxy) is 2. The van der Waals surface area contributed by atoms with Crippen LogP contribution >= 0.6 is 11.3 Å². The molecule has 5 rings (SSSR count). The third kappa shape index (κ3) is 5.12. The predicted molar refractivity (Wildman–Crippen MR) is 135 cm³/mol. The van der Waals surface area contributed by atoms with E-state index in [1.165, 1.54) is 11.3 Å². The molecule has 1 aliphatic carbocycles. The lowest BCUT2D eigenvalue weighted by atomic mass is 9.95. The van der Waals surface area contributed by atoms with Crippen LogP contribution in [0, 0.1) is 11.3 Å². The van der Waals surface area contributed by atoms with Gasteiger partial charge >= 0.3 is 0 Å². The van der Waals surface area contributed by atoms with Crippen molar-refractivity contribution in [2.24, 2.45) is 0 Å². The second-order valence-electron chi connectivity index (χ2n) is 9.38. The van der Waals surface area contributed by atoms with Crippen molar-refractivity contribution in [3.63, 3.8) is 0 Å². The van der Waals surface area contributed by atoms with Crippen LogP contribution in [0.1, 0.15) is 64.5 Å². The van der Waals surface area contributed by atoms with Crippen LogP contribution in [-0.4, -0.2) is 37.2 Å². The second kappa shape index (κ2) is 10.2. The number of carbonyl (C=O) groups excluding carboxylic acids is 2. The molecule has 0 spiro atoms. The van der Waals surface area contributed by atoms with E-state index in [1.807, 2.05) is 31.2 Å². The molecule has 2 amide bonds. The molecule has 2 atom stereocenters. The van der Waals surface area contributed by atoms with Crippen LogP contribution in [-0.2, 0) is 28.8 Å². The normalized spacial score (nSPS) is 21.0. The fraction of sp³-hybridized carbons (Fsp3) is 0.444. The average molecular weight is 492 g/mol. The van der Waals surface area contributed by atoms with Crippen molar-refractivity contribution in [2.75, 3.05) is 18.5 Å². The lowest BCUT2D eigenvalue weighted by molar-refractivity contribution is -0.112. The highest BCUT2D eigenvalue weighted by molar-refractivity contribution is 7.17. The first-order valence-corrected chi connectivity index (χ1v) is 13.1. The molecule has 1 aromatic carbocycles. The molecule has 2 aromatic rings. The summed E-state index contributed by atoms with van der Waals surface area (Å²) in [5.74, 6) is 0.148. The van der Waals surface area contributed by atoms with E-state index in [1.54, 1.807) is 6.08 Å². The average Bonchev–Trinajstić information content (AvgIpc) is 3.58. The Morgan fingerprint density at radius 2 is 2.11 bits per heavy atom. The molecule has 35 heavy (non-hydrogen) atoms. The molecule has 1 aromatic heterocycles. The molecular formula is C27H29N3O4S. The number of fused-ring (bicyclic) bond motifs is 2. The zero-order chi connectivity index (χ0) is 24.4. The fourth-order valence-corrected chi connectivity index (χ4v) is 6.29. The van der Waals surface area contributed by atoms with Gasteiger partial charge < -0.3 is 20.1 Å². The van der Waals surface area contributed by atoms with Gasteiger partial charge in [-0.1, -0.05) is 6.07 Å². The Balaban J connectivity index is 1.36. The number of amides is 2. The minimum Gasteiger partial charge on any atom is -0.490 e. The third-order valence-corrected chi connectivity index (χ3v) is 7.94. The third-order valence-electron chi connectivity index (χ3n) is 6.74. The molecule has 1 fully saturated rings. The number of anilines is 1. The minimum atomic E-state index is -0.510. The fourth-order valence-electron chi connectivity index (χ4n) is 5.01. The van der Waals surface area contributed by atoms with Gasteiger partial charge in [0.2, 0.25) is 0 Å². The SMILES string of the molecule is CC1Cc2cc(/C=C(/C#N)C(=O)Nc3sc4c(c3C(=O)NCC3CCCO3)CCCC4)ccc2O1. The van der Waals surface area contributed by atoms with Gasteiger partial charge in [-0.15, -0.1) is 11.3 Å². The highest BCUT2D eigenvalue weighted by Crippen LogP contribution is 2.38. The van der Waals surface area contributed by atoms with E-state index in [9.17, 15) is 14.9 Å². The number of aryl methyl sites for hydroxylation is 1. The molecule has 2 unspecified atom stereocenters. The zero-order valence-corrected chi connectivity index (χ0v) is 20.6. The maximum absolute atomic E-state index is 13.2. The zero-order valence-electron chi connectivity index (χ0n) is 19.8. The van der Waals surface area contributed by atoms with Crippen LogP contribution in [0.2, 0.25) is 0 Å². The van der Waals surface area contributed by atoms with E-state index in [0.717, 1.165) is 78.9 Å². The molecule has 3 heterocycles. The monoisotopic (exact) mass is 491 g/mol. The van der Waals surface area contributed by atoms with Gasteiger partial charge in [0.05, 0.1) is 11.7 Å². The number of benzene rings is 1. The highest BCUT2D eigenvalue weighted by atomic mass is 32.1. The van der Waals surface area contributed by atoms with Crippen molar-refractivity contribution in [2.45, 2.75) is 64.1 Å². The lowest BCUT2D eigenvalue weighted by Gasteiger charge is -2.15. The number of hydrogen-bond donors (Lipinski definition) is 2. The van der Waals surface area contributed by atoms with Gasteiger partial charge in [-0.05, 0) is 80.3 Å². The largest absolute Gasteiger partial charge is 0.490 e. The molecule has 7 nitrogen and oxygen atoms in total. The summed E-state index contributed by atoms with van der Waals surface area (Å²) in [6, 6.07) is 7.70. The van der Waals surface area contributed by atoms with Gasteiger partial charge in [0.1, 0.15) is 28.5 Å². The van der Waals surface area contributed by atoms with Gasteiger partial charge in [0.25, 0.3) is 11.8 Å². The molecule has 1 saturated heterocycles. The molecule has 0 bridgehead atoms. The van der Waals surface area contributed by atoms with Gasteiger partial charge in [-0.3, -0.25) is 9.59 Å². The summed E-state index contributed by atoms with van der Waals surface area (Å²) in [7, 11) is 0. The molecule has 3 aliphatic rings. The molecule has 8 heteroatoms. The Bertz CT molecular complexity index is 1220. The molecular weight excluding hydrogens is 462 g/mol. The number of nitrogens with one attached hydrogen (secondary N) is 2. The van der Waals surface area contributed by atoms with E-state index in [4.69, 9.17) is 9.47 Å². The Morgan fingerprint density at radius 1 is 1.26 bits per heavy atom. The second-order valence-corrected chi connectivity index (χ2v) is 10.5. The number of carbonyl (C=O) groups is 2. The van der Waals surface area contributed by atoms with E-state index in [-0.39, 0.29) is 23.7 Å². The van der Waals surface area contributed by atoms with E-state index >= 15 is 0 Å². The van der Waals surface area contributed by atoms with Gasteiger partial charge in [-0.2, -0.15) is 5.26 Å². The van der Waals surface area contributed by atoms with Gasteiger partial charge in [0, 0.05) is 24.4 Å². The highest BCUT2D eigenvalue weighted by Gasteiger charge is 2.28. The summed E-state index contributed by atoms with van der Waals surface area (Å²) >= 11 is 1.45. The van der Waals surface area contributed by atoms with Crippen molar-refractivity contribution in [1.29, 1.82) is 5.26 Å². The number of rotatable bonds is 6. The van der Waals surface area contributed by atoms with Crippen molar-refractivity contribution < 1.29 is 19.1 Å². The molecule has 2 N–H and O–H groups in total. The number of nitriles is 1. The van der Waals surface area contributed by atoms with Crippen LogP contribution in [0.5, 0.6) is 5.75 Å². The lowest BCUT2D eigenvalue weighted by Crippen LogP contribution is -2.32. The summed E-state index contributed by atoms with van der Waals surface area (Å²) in [6.45, 7) is 3.20. The first-order valence-electron chi connectivity index (χ1n) is 12.3. The maximum Gasteiger partial charge on any atom is 0.266 e. The number of thiophene rings is 1. The van der Waals surface area contributed by atoms with Crippen molar-refractivity contribution in [1.82, 2.24) is 5.32 Å². The molecule has 2 aliphatic heterocycles. The van der Waals surface area contributed by atoms with Crippen molar-refractivity contribution in [3.8, 4) is 11.8 Å². The van der Waals surface area contributed by atoms with Crippen LogP contribution in [0.25, 0.3) is 6.08 Å².